The highest BCUT2D eigenvalue weighted by atomic mass is 35.5. The normalized spacial score (nSPS) is 27.6. The van der Waals surface area contributed by atoms with Gasteiger partial charge in [-0.25, -0.2) is 0 Å². The highest BCUT2D eigenvalue weighted by Gasteiger charge is 2.28. The third-order valence-corrected chi connectivity index (χ3v) is 5.75. The fraction of sp³-hybridized carbons (Fsp3) is 0.650. The van der Waals surface area contributed by atoms with Gasteiger partial charge in [-0.05, 0) is 56.1 Å². The minimum absolute atomic E-state index is 0. The number of nitro groups is 1. The quantitative estimate of drug-likeness (QED) is 0.584. The van der Waals surface area contributed by atoms with E-state index in [1.165, 1.54) is 6.07 Å². The molecule has 1 amide bonds. The molecule has 2 atom stereocenters. The number of benzene rings is 1. The van der Waals surface area contributed by atoms with Crippen LogP contribution in [0.2, 0.25) is 0 Å². The fourth-order valence-electron chi connectivity index (χ4n) is 4.47. The SMILES string of the molecule is CC1CC(C)CN(c2ccc(C(=O)NC3CCC(N)CC3)cc2[N+](=O)[O-])C1.Cl. The van der Waals surface area contributed by atoms with Crippen LogP contribution in [0.25, 0.3) is 0 Å². The first-order valence-electron chi connectivity index (χ1n) is 9.93. The second kappa shape index (κ2) is 9.56. The third-order valence-electron chi connectivity index (χ3n) is 5.75. The summed E-state index contributed by atoms with van der Waals surface area (Å²) in [5, 5.41) is 14.7. The molecule has 7 nitrogen and oxygen atoms in total. The van der Waals surface area contributed by atoms with E-state index in [1.54, 1.807) is 12.1 Å². The lowest BCUT2D eigenvalue weighted by Gasteiger charge is -2.36. The molecule has 1 aromatic carbocycles. The number of rotatable bonds is 4. The average molecular weight is 411 g/mol. The van der Waals surface area contributed by atoms with Crippen molar-refractivity contribution >= 4 is 29.7 Å². The van der Waals surface area contributed by atoms with Crippen LogP contribution in [0.15, 0.2) is 18.2 Å². The standard InChI is InChI=1S/C20H30N4O3.ClH/c1-13-9-14(2)12-23(11-13)18-8-3-15(10-19(18)24(26)27)20(25)22-17-6-4-16(21)5-7-17;/h3,8,10,13-14,16-17H,4-7,9,11-12,21H2,1-2H3,(H,22,25);1H. The first-order valence-corrected chi connectivity index (χ1v) is 9.93. The maximum Gasteiger partial charge on any atom is 0.293 e. The zero-order chi connectivity index (χ0) is 19.6. The predicted molar refractivity (Wildman–Crippen MR) is 113 cm³/mol. The first kappa shape index (κ1) is 22.4. The van der Waals surface area contributed by atoms with Gasteiger partial charge in [0, 0.05) is 36.8 Å². The molecule has 1 aliphatic heterocycles. The Labute approximate surface area is 172 Å². The largest absolute Gasteiger partial charge is 0.365 e. The molecule has 28 heavy (non-hydrogen) atoms. The van der Waals surface area contributed by atoms with Crippen LogP contribution >= 0.6 is 12.4 Å². The van der Waals surface area contributed by atoms with E-state index in [-0.39, 0.29) is 41.0 Å². The van der Waals surface area contributed by atoms with Crippen molar-refractivity contribution in [2.75, 3.05) is 18.0 Å². The third kappa shape index (κ3) is 5.35. The van der Waals surface area contributed by atoms with Crippen molar-refractivity contribution in [2.45, 2.75) is 58.0 Å². The molecule has 156 valence electrons. The van der Waals surface area contributed by atoms with Gasteiger partial charge >= 0.3 is 0 Å². The minimum atomic E-state index is -0.379. The van der Waals surface area contributed by atoms with Crippen LogP contribution in [0.5, 0.6) is 0 Å². The van der Waals surface area contributed by atoms with Gasteiger partial charge in [0.15, 0.2) is 0 Å². The van der Waals surface area contributed by atoms with Crippen molar-refractivity contribution in [3.63, 3.8) is 0 Å². The van der Waals surface area contributed by atoms with E-state index < -0.39 is 0 Å². The van der Waals surface area contributed by atoms with E-state index in [0.717, 1.165) is 45.2 Å². The lowest BCUT2D eigenvalue weighted by Crippen LogP contribution is -2.40. The predicted octanol–water partition coefficient (Wildman–Crippen LogP) is 3.50. The number of hydrogen-bond donors (Lipinski definition) is 2. The Bertz CT molecular complexity index is 697. The topological polar surface area (TPSA) is 102 Å². The number of carbonyl (C=O) groups is 1. The summed E-state index contributed by atoms with van der Waals surface area (Å²) in [5.41, 5.74) is 6.87. The van der Waals surface area contributed by atoms with Gasteiger partial charge in [0.05, 0.1) is 4.92 Å². The van der Waals surface area contributed by atoms with Gasteiger partial charge in [0.1, 0.15) is 5.69 Å². The van der Waals surface area contributed by atoms with Crippen molar-refractivity contribution in [3.05, 3.63) is 33.9 Å². The van der Waals surface area contributed by atoms with Gasteiger partial charge in [-0.3, -0.25) is 14.9 Å². The number of amides is 1. The van der Waals surface area contributed by atoms with Crippen molar-refractivity contribution in [1.29, 1.82) is 0 Å². The first-order chi connectivity index (χ1) is 12.8. The molecule has 3 rings (SSSR count). The molecule has 0 bridgehead atoms. The summed E-state index contributed by atoms with van der Waals surface area (Å²) < 4.78 is 0. The van der Waals surface area contributed by atoms with E-state index >= 15 is 0 Å². The highest BCUT2D eigenvalue weighted by molar-refractivity contribution is 5.96. The monoisotopic (exact) mass is 410 g/mol. The molecule has 1 aliphatic carbocycles. The van der Waals surface area contributed by atoms with Crippen LogP contribution in [-0.2, 0) is 0 Å². The molecule has 3 N–H and O–H groups in total. The van der Waals surface area contributed by atoms with Crippen molar-refractivity contribution in [2.24, 2.45) is 17.6 Å². The summed E-state index contributed by atoms with van der Waals surface area (Å²) in [4.78, 5) is 25.9. The van der Waals surface area contributed by atoms with Crippen LogP contribution < -0.4 is 16.0 Å². The smallest absolute Gasteiger partial charge is 0.293 e. The summed E-state index contributed by atoms with van der Waals surface area (Å²) in [6.07, 6.45) is 4.65. The number of nitrogens with one attached hydrogen (secondary N) is 1. The molecule has 2 aliphatic rings. The maximum atomic E-state index is 12.6. The maximum absolute atomic E-state index is 12.6. The van der Waals surface area contributed by atoms with Gasteiger partial charge < -0.3 is 16.0 Å². The molecule has 0 spiro atoms. The van der Waals surface area contributed by atoms with E-state index in [9.17, 15) is 14.9 Å². The molecular formula is C20H31ClN4O3. The van der Waals surface area contributed by atoms with Crippen molar-refractivity contribution in [3.8, 4) is 0 Å². The highest BCUT2D eigenvalue weighted by Crippen LogP contribution is 2.34. The molecule has 1 saturated heterocycles. The van der Waals surface area contributed by atoms with Crippen LogP contribution in [0.3, 0.4) is 0 Å². The lowest BCUT2D eigenvalue weighted by molar-refractivity contribution is -0.384. The van der Waals surface area contributed by atoms with E-state index in [0.29, 0.717) is 23.1 Å². The van der Waals surface area contributed by atoms with E-state index in [4.69, 9.17) is 5.73 Å². The molecule has 0 radical (unpaired) electrons. The number of hydrogen-bond acceptors (Lipinski definition) is 5. The Morgan fingerprint density at radius 2 is 1.79 bits per heavy atom. The van der Waals surface area contributed by atoms with Gasteiger partial charge in [-0.1, -0.05) is 13.8 Å². The summed E-state index contributed by atoms with van der Waals surface area (Å²) >= 11 is 0. The molecular weight excluding hydrogens is 380 g/mol. The number of carbonyl (C=O) groups excluding carboxylic acids is 1. The van der Waals surface area contributed by atoms with E-state index in [2.05, 4.69) is 24.1 Å². The molecule has 8 heteroatoms. The molecule has 1 saturated carbocycles. The van der Waals surface area contributed by atoms with E-state index in [1.807, 2.05) is 0 Å². The van der Waals surface area contributed by atoms with Gasteiger partial charge in [-0.2, -0.15) is 0 Å². The molecule has 1 aromatic rings. The lowest BCUT2D eigenvalue weighted by atomic mass is 9.91. The molecule has 0 aromatic heterocycles. The molecule has 1 heterocycles. The second-order valence-corrected chi connectivity index (χ2v) is 8.40. The summed E-state index contributed by atoms with van der Waals surface area (Å²) in [6.45, 7) is 5.96. The number of nitrogens with zero attached hydrogens (tertiary/aromatic N) is 2. The number of nitrogens with two attached hydrogens (primary N) is 1. The number of anilines is 1. The minimum Gasteiger partial charge on any atom is -0.365 e. The Morgan fingerprint density at radius 1 is 1.18 bits per heavy atom. The van der Waals surface area contributed by atoms with Crippen LogP contribution in [0, 0.1) is 22.0 Å². The number of piperidine rings is 1. The fourth-order valence-corrected chi connectivity index (χ4v) is 4.47. The number of halogens is 1. The zero-order valence-electron chi connectivity index (χ0n) is 16.6. The second-order valence-electron chi connectivity index (χ2n) is 8.40. The summed E-state index contributed by atoms with van der Waals surface area (Å²) in [6, 6.07) is 5.17. The summed E-state index contributed by atoms with van der Waals surface area (Å²) in [7, 11) is 0. The Balaban J connectivity index is 0.00000280. The van der Waals surface area contributed by atoms with Crippen molar-refractivity contribution < 1.29 is 9.72 Å². The van der Waals surface area contributed by atoms with Gasteiger partial charge in [0.2, 0.25) is 0 Å². The van der Waals surface area contributed by atoms with Gasteiger partial charge in [-0.15, -0.1) is 12.4 Å². The Hall–Kier alpha value is -1.86. The van der Waals surface area contributed by atoms with Crippen LogP contribution in [0.1, 0.15) is 56.3 Å². The average Bonchev–Trinajstić information content (AvgIpc) is 2.62. The Morgan fingerprint density at radius 3 is 2.36 bits per heavy atom. The van der Waals surface area contributed by atoms with Crippen LogP contribution in [-0.4, -0.2) is 36.0 Å². The van der Waals surface area contributed by atoms with Crippen molar-refractivity contribution in [1.82, 2.24) is 5.32 Å². The zero-order valence-corrected chi connectivity index (χ0v) is 17.4. The Kier molecular flexibility index (Phi) is 7.66. The van der Waals surface area contributed by atoms with Gasteiger partial charge in [0.25, 0.3) is 11.6 Å². The summed E-state index contributed by atoms with van der Waals surface area (Å²) in [5.74, 6) is 0.744. The molecule has 2 unspecified atom stereocenters. The number of nitro benzene ring substituents is 1. The molecule has 2 fully saturated rings. The van der Waals surface area contributed by atoms with Crippen LogP contribution in [0.4, 0.5) is 11.4 Å².